The van der Waals surface area contributed by atoms with Gasteiger partial charge in [-0.05, 0) is 34.9 Å². The number of thioether (sulfide) groups is 1. The van der Waals surface area contributed by atoms with Gasteiger partial charge >= 0.3 is 5.69 Å². The third-order valence-corrected chi connectivity index (χ3v) is 8.91. The van der Waals surface area contributed by atoms with E-state index >= 15 is 0 Å². The van der Waals surface area contributed by atoms with E-state index in [0.29, 0.717) is 24.4 Å². The van der Waals surface area contributed by atoms with Crippen LogP contribution in [0.1, 0.15) is 27.0 Å². The number of rotatable bonds is 13. The Morgan fingerprint density at radius 1 is 0.800 bits per heavy atom. The molecule has 0 atom stereocenters. The van der Waals surface area contributed by atoms with Gasteiger partial charge < -0.3 is 10.2 Å². The summed E-state index contributed by atoms with van der Waals surface area (Å²) in [7, 11) is 0. The van der Waals surface area contributed by atoms with Gasteiger partial charge in [-0.25, -0.2) is 4.79 Å². The molecule has 0 unspecified atom stereocenters. The Labute approximate surface area is 267 Å². The highest BCUT2D eigenvalue weighted by molar-refractivity contribution is 8.00. The zero-order valence-electron chi connectivity index (χ0n) is 24.8. The second kappa shape index (κ2) is 15.0. The molecule has 4 aromatic carbocycles. The monoisotopic (exact) mass is 614 g/mol. The molecule has 0 radical (unpaired) electrons. The van der Waals surface area contributed by atoms with Gasteiger partial charge in [0.1, 0.15) is 12.4 Å². The lowest BCUT2D eigenvalue weighted by molar-refractivity contribution is -0.131. The van der Waals surface area contributed by atoms with Crippen LogP contribution in [0.25, 0.3) is 0 Å². The Bertz CT molecular complexity index is 1680. The molecule has 0 saturated carbocycles. The molecule has 7 nitrogen and oxygen atoms in total. The molecule has 1 N–H and O–H groups in total. The standard InChI is InChI=1S/C37H34N4O3S/c1-2-24-40(34(42)28-41-25-23-33(39-36(41)44)38-35(43)29-15-7-3-8-16-29)26-27-45-37(30-17-9-4-10-18-30,31-19-11-5-12-20-31)32-21-13-6-14-22-32/h2-23,25H,1,24,26-28H2,(H,38,39,43,44). The predicted octanol–water partition coefficient (Wildman–Crippen LogP) is 6.24. The van der Waals surface area contributed by atoms with Gasteiger partial charge in [-0.2, -0.15) is 4.98 Å². The van der Waals surface area contributed by atoms with Crippen LogP contribution in [0.15, 0.2) is 151 Å². The maximum absolute atomic E-state index is 13.5. The van der Waals surface area contributed by atoms with Gasteiger partial charge in [-0.3, -0.25) is 14.2 Å². The van der Waals surface area contributed by atoms with E-state index in [1.807, 2.05) is 60.7 Å². The summed E-state index contributed by atoms with van der Waals surface area (Å²) in [6.45, 7) is 4.44. The van der Waals surface area contributed by atoms with Gasteiger partial charge in [0.25, 0.3) is 5.91 Å². The molecule has 0 aliphatic carbocycles. The predicted molar refractivity (Wildman–Crippen MR) is 181 cm³/mol. The summed E-state index contributed by atoms with van der Waals surface area (Å²) in [5.74, 6) is 0.139. The molecule has 0 aliphatic rings. The Morgan fingerprint density at radius 2 is 1.31 bits per heavy atom. The fourth-order valence-corrected chi connectivity index (χ4v) is 6.72. The minimum absolute atomic E-state index is 0.121. The van der Waals surface area contributed by atoms with Crippen LogP contribution in [-0.2, 0) is 16.1 Å². The average Bonchev–Trinajstić information content (AvgIpc) is 3.09. The summed E-state index contributed by atoms with van der Waals surface area (Å²) < 4.78 is 0.736. The lowest BCUT2D eigenvalue weighted by Gasteiger charge is -2.36. The number of amides is 2. The van der Waals surface area contributed by atoms with E-state index in [4.69, 9.17) is 0 Å². The zero-order chi connectivity index (χ0) is 31.5. The summed E-state index contributed by atoms with van der Waals surface area (Å²) in [6, 6.07) is 41.4. The molecule has 45 heavy (non-hydrogen) atoms. The van der Waals surface area contributed by atoms with Gasteiger partial charge in [0.2, 0.25) is 5.91 Å². The van der Waals surface area contributed by atoms with Crippen molar-refractivity contribution >= 4 is 29.4 Å². The molecule has 0 spiro atoms. The summed E-state index contributed by atoms with van der Waals surface area (Å²) in [4.78, 5) is 44.4. The Morgan fingerprint density at radius 3 is 1.80 bits per heavy atom. The number of anilines is 1. The second-order valence-electron chi connectivity index (χ2n) is 10.3. The van der Waals surface area contributed by atoms with Crippen molar-refractivity contribution in [2.45, 2.75) is 11.3 Å². The van der Waals surface area contributed by atoms with Gasteiger partial charge in [0.15, 0.2) is 0 Å². The Hall–Kier alpha value is -5.21. The number of aromatic nitrogens is 2. The molecule has 0 fully saturated rings. The van der Waals surface area contributed by atoms with Gasteiger partial charge in [-0.1, -0.05) is 115 Å². The van der Waals surface area contributed by atoms with Crippen LogP contribution in [0.2, 0.25) is 0 Å². The number of nitrogens with one attached hydrogen (secondary N) is 1. The van der Waals surface area contributed by atoms with E-state index in [2.05, 4.69) is 53.3 Å². The molecule has 5 aromatic rings. The molecule has 1 aromatic heterocycles. The van der Waals surface area contributed by atoms with Crippen molar-refractivity contribution in [3.05, 3.63) is 179 Å². The van der Waals surface area contributed by atoms with Gasteiger partial charge in [0, 0.05) is 30.6 Å². The molecular weight excluding hydrogens is 580 g/mol. The van der Waals surface area contributed by atoms with Crippen LogP contribution in [0.3, 0.4) is 0 Å². The van der Waals surface area contributed by atoms with Crippen molar-refractivity contribution in [3.8, 4) is 0 Å². The van der Waals surface area contributed by atoms with Gasteiger partial charge in [0.05, 0.1) is 4.75 Å². The number of carbonyl (C=O) groups is 2. The smallest absolute Gasteiger partial charge is 0.337 e. The first kappa shape index (κ1) is 31.2. The zero-order valence-corrected chi connectivity index (χ0v) is 25.6. The lowest BCUT2D eigenvalue weighted by Crippen LogP contribution is -2.39. The molecular formula is C37H34N4O3S. The first-order chi connectivity index (χ1) is 22.0. The van der Waals surface area contributed by atoms with Crippen molar-refractivity contribution in [2.24, 2.45) is 0 Å². The van der Waals surface area contributed by atoms with Crippen LogP contribution in [0.5, 0.6) is 0 Å². The molecule has 1 heterocycles. The van der Waals surface area contributed by atoms with Crippen molar-refractivity contribution < 1.29 is 9.59 Å². The third kappa shape index (κ3) is 7.48. The highest BCUT2D eigenvalue weighted by Gasteiger charge is 2.37. The maximum Gasteiger partial charge on any atom is 0.349 e. The van der Waals surface area contributed by atoms with Gasteiger partial charge in [-0.15, -0.1) is 18.3 Å². The summed E-state index contributed by atoms with van der Waals surface area (Å²) >= 11 is 1.77. The summed E-state index contributed by atoms with van der Waals surface area (Å²) in [5.41, 5.74) is 3.26. The Kier molecular flexibility index (Phi) is 10.4. The first-order valence-corrected chi connectivity index (χ1v) is 15.6. The minimum Gasteiger partial charge on any atom is -0.337 e. The molecule has 5 rings (SSSR count). The SMILES string of the molecule is C=CCN(CCSC(c1ccccc1)(c1ccccc1)c1ccccc1)C(=O)Cn1ccc(NC(=O)c2ccccc2)nc1=O. The van der Waals surface area contributed by atoms with Crippen LogP contribution >= 0.6 is 11.8 Å². The fraction of sp³-hybridized carbons (Fsp3) is 0.135. The molecule has 226 valence electrons. The Balaban J connectivity index is 1.33. The number of hydrogen-bond acceptors (Lipinski definition) is 5. The van der Waals surface area contributed by atoms with E-state index < -0.39 is 10.4 Å². The summed E-state index contributed by atoms with van der Waals surface area (Å²) in [5, 5.41) is 2.63. The second-order valence-corrected chi connectivity index (χ2v) is 11.6. The molecule has 8 heteroatoms. The number of carbonyl (C=O) groups excluding carboxylic acids is 2. The number of benzene rings is 4. The van der Waals surface area contributed by atoms with Crippen molar-refractivity contribution in [3.63, 3.8) is 0 Å². The highest BCUT2D eigenvalue weighted by Crippen LogP contribution is 2.48. The average molecular weight is 615 g/mol. The largest absolute Gasteiger partial charge is 0.349 e. The van der Waals surface area contributed by atoms with E-state index in [-0.39, 0.29) is 24.2 Å². The van der Waals surface area contributed by atoms with E-state index in [1.54, 1.807) is 47.0 Å². The molecule has 0 saturated heterocycles. The van der Waals surface area contributed by atoms with Crippen molar-refractivity contribution in [1.82, 2.24) is 14.5 Å². The normalized spacial score (nSPS) is 11.0. The first-order valence-electron chi connectivity index (χ1n) is 14.6. The van der Waals surface area contributed by atoms with Crippen molar-refractivity contribution in [1.29, 1.82) is 0 Å². The summed E-state index contributed by atoms with van der Waals surface area (Å²) in [6.07, 6.45) is 3.16. The van der Waals surface area contributed by atoms with Crippen LogP contribution < -0.4 is 11.0 Å². The van der Waals surface area contributed by atoms with E-state index in [1.165, 1.54) is 16.8 Å². The van der Waals surface area contributed by atoms with Crippen molar-refractivity contribution in [2.75, 3.05) is 24.2 Å². The van der Waals surface area contributed by atoms with Crippen LogP contribution in [0.4, 0.5) is 5.82 Å². The molecule has 0 aliphatic heterocycles. The third-order valence-electron chi connectivity index (χ3n) is 7.38. The van der Waals surface area contributed by atoms with E-state index in [9.17, 15) is 14.4 Å². The quantitative estimate of drug-likeness (QED) is 0.126. The number of hydrogen-bond donors (Lipinski definition) is 1. The van der Waals surface area contributed by atoms with E-state index in [0.717, 1.165) is 16.7 Å². The number of nitrogens with zero attached hydrogens (tertiary/aromatic N) is 3. The topological polar surface area (TPSA) is 84.3 Å². The molecule has 2 amide bonds. The van der Waals surface area contributed by atoms with Crippen LogP contribution in [0, 0.1) is 0 Å². The van der Waals surface area contributed by atoms with Crippen LogP contribution in [-0.4, -0.2) is 45.1 Å². The minimum atomic E-state index is -0.626. The molecule has 0 bridgehead atoms. The maximum atomic E-state index is 13.5. The fourth-order valence-electron chi connectivity index (χ4n) is 5.19. The lowest BCUT2D eigenvalue weighted by atomic mass is 9.84. The highest BCUT2D eigenvalue weighted by atomic mass is 32.2.